The van der Waals surface area contributed by atoms with Gasteiger partial charge in [0.05, 0.1) is 6.10 Å². The Kier molecular flexibility index (Phi) is 5.23. The number of hydrogen-bond acceptors (Lipinski definition) is 4. The summed E-state index contributed by atoms with van der Waals surface area (Å²) in [5.74, 6) is 0.178. The predicted octanol–water partition coefficient (Wildman–Crippen LogP) is 0.967. The molecule has 5 nitrogen and oxygen atoms in total. The summed E-state index contributed by atoms with van der Waals surface area (Å²) < 4.78 is 5.33. The SMILES string of the molecule is O=C(COc1ccc(Cl)cc1)N[C@H]1C[C@@H](CO)[C@H](O)C1. The normalized spacial score (nSPS) is 25.4. The topological polar surface area (TPSA) is 78.8 Å². The van der Waals surface area contributed by atoms with Crippen molar-refractivity contribution in [2.45, 2.75) is 25.0 Å². The number of carbonyl (C=O) groups is 1. The largest absolute Gasteiger partial charge is 0.484 e. The van der Waals surface area contributed by atoms with Crippen molar-refractivity contribution in [3.05, 3.63) is 29.3 Å². The smallest absolute Gasteiger partial charge is 0.258 e. The molecule has 0 heterocycles. The van der Waals surface area contributed by atoms with Crippen LogP contribution in [0.2, 0.25) is 5.02 Å². The van der Waals surface area contributed by atoms with Crippen molar-refractivity contribution in [3.8, 4) is 5.75 Å². The van der Waals surface area contributed by atoms with E-state index in [2.05, 4.69) is 5.32 Å². The van der Waals surface area contributed by atoms with Crippen molar-refractivity contribution in [1.29, 1.82) is 0 Å². The van der Waals surface area contributed by atoms with Gasteiger partial charge in [-0.25, -0.2) is 0 Å². The number of amides is 1. The molecule has 0 saturated heterocycles. The summed E-state index contributed by atoms with van der Waals surface area (Å²) in [4.78, 5) is 11.7. The van der Waals surface area contributed by atoms with Crippen molar-refractivity contribution in [2.75, 3.05) is 13.2 Å². The highest BCUT2D eigenvalue weighted by Gasteiger charge is 2.33. The minimum atomic E-state index is -0.553. The monoisotopic (exact) mass is 299 g/mol. The van der Waals surface area contributed by atoms with Crippen LogP contribution in [0.25, 0.3) is 0 Å². The van der Waals surface area contributed by atoms with Gasteiger partial charge in [0.1, 0.15) is 5.75 Å². The Morgan fingerprint density at radius 1 is 1.35 bits per heavy atom. The molecule has 1 aliphatic carbocycles. The molecule has 6 heteroatoms. The fraction of sp³-hybridized carbons (Fsp3) is 0.500. The van der Waals surface area contributed by atoms with Crippen LogP contribution in [0.5, 0.6) is 5.75 Å². The number of hydrogen-bond donors (Lipinski definition) is 3. The molecule has 20 heavy (non-hydrogen) atoms. The highest BCUT2D eigenvalue weighted by molar-refractivity contribution is 6.30. The number of nitrogens with one attached hydrogen (secondary N) is 1. The number of aliphatic hydroxyl groups excluding tert-OH is 2. The zero-order valence-electron chi connectivity index (χ0n) is 11.0. The first-order valence-electron chi connectivity index (χ1n) is 6.55. The molecular formula is C14H18ClNO4. The van der Waals surface area contributed by atoms with Crippen LogP contribution in [0.1, 0.15) is 12.8 Å². The molecule has 3 atom stereocenters. The van der Waals surface area contributed by atoms with E-state index in [-0.39, 0.29) is 31.1 Å². The number of ether oxygens (including phenoxy) is 1. The highest BCUT2D eigenvalue weighted by Crippen LogP contribution is 2.25. The maximum Gasteiger partial charge on any atom is 0.258 e. The molecule has 1 aromatic carbocycles. The number of halogens is 1. The van der Waals surface area contributed by atoms with E-state index in [0.717, 1.165) is 0 Å². The molecule has 0 aromatic heterocycles. The van der Waals surface area contributed by atoms with Crippen LogP contribution < -0.4 is 10.1 Å². The molecule has 0 radical (unpaired) electrons. The van der Waals surface area contributed by atoms with Crippen molar-refractivity contribution in [1.82, 2.24) is 5.32 Å². The molecule has 2 rings (SSSR count). The zero-order chi connectivity index (χ0) is 14.5. The number of carbonyl (C=O) groups excluding carboxylic acids is 1. The van der Waals surface area contributed by atoms with E-state index < -0.39 is 6.10 Å². The van der Waals surface area contributed by atoms with Crippen LogP contribution in [-0.4, -0.2) is 41.5 Å². The molecule has 1 aliphatic rings. The summed E-state index contributed by atoms with van der Waals surface area (Å²) in [6.45, 7) is -0.146. The Morgan fingerprint density at radius 3 is 2.65 bits per heavy atom. The van der Waals surface area contributed by atoms with Crippen LogP contribution in [-0.2, 0) is 4.79 Å². The molecule has 0 aliphatic heterocycles. The van der Waals surface area contributed by atoms with Gasteiger partial charge in [0, 0.05) is 23.6 Å². The van der Waals surface area contributed by atoms with Gasteiger partial charge in [-0.3, -0.25) is 4.79 Å². The second kappa shape index (κ2) is 6.92. The summed E-state index contributed by atoms with van der Waals surface area (Å²) in [6, 6.07) is 6.65. The Morgan fingerprint density at radius 2 is 2.05 bits per heavy atom. The van der Waals surface area contributed by atoms with Crippen LogP contribution in [0.15, 0.2) is 24.3 Å². The molecule has 3 N–H and O–H groups in total. The van der Waals surface area contributed by atoms with Gasteiger partial charge < -0.3 is 20.3 Å². The summed E-state index contributed by atoms with van der Waals surface area (Å²) in [5, 5.41) is 22.1. The minimum absolute atomic E-state index is 0.0607. The van der Waals surface area contributed by atoms with Crippen molar-refractivity contribution < 1.29 is 19.7 Å². The first kappa shape index (κ1) is 15.1. The summed E-state index contributed by atoms with van der Waals surface area (Å²) in [6.07, 6.45) is 0.505. The lowest BCUT2D eigenvalue weighted by Crippen LogP contribution is -2.36. The lowest BCUT2D eigenvalue weighted by molar-refractivity contribution is -0.123. The van der Waals surface area contributed by atoms with E-state index in [1.54, 1.807) is 24.3 Å². The predicted molar refractivity (Wildman–Crippen MR) is 74.7 cm³/mol. The molecule has 0 unspecified atom stereocenters. The molecule has 1 fully saturated rings. The maximum atomic E-state index is 11.7. The Bertz CT molecular complexity index is 451. The molecule has 0 bridgehead atoms. The summed E-state index contributed by atoms with van der Waals surface area (Å²) in [5.41, 5.74) is 0. The highest BCUT2D eigenvalue weighted by atomic mass is 35.5. The van der Waals surface area contributed by atoms with Gasteiger partial charge in [-0.2, -0.15) is 0 Å². The first-order valence-corrected chi connectivity index (χ1v) is 6.93. The van der Waals surface area contributed by atoms with Crippen LogP contribution in [0, 0.1) is 5.92 Å². The maximum absolute atomic E-state index is 11.7. The Labute approximate surface area is 122 Å². The molecular weight excluding hydrogens is 282 g/mol. The Balaban J connectivity index is 1.74. The van der Waals surface area contributed by atoms with Gasteiger partial charge >= 0.3 is 0 Å². The van der Waals surface area contributed by atoms with Crippen LogP contribution >= 0.6 is 11.6 Å². The summed E-state index contributed by atoms with van der Waals surface area (Å²) >= 11 is 5.75. The lowest BCUT2D eigenvalue weighted by Gasteiger charge is -2.13. The second-order valence-corrected chi connectivity index (χ2v) is 5.42. The van der Waals surface area contributed by atoms with Gasteiger partial charge in [-0.05, 0) is 37.1 Å². The van der Waals surface area contributed by atoms with Gasteiger partial charge in [0.2, 0.25) is 0 Å². The zero-order valence-corrected chi connectivity index (χ0v) is 11.7. The lowest BCUT2D eigenvalue weighted by atomic mass is 10.1. The first-order chi connectivity index (χ1) is 9.58. The molecule has 0 spiro atoms. The van der Waals surface area contributed by atoms with Gasteiger partial charge in [-0.1, -0.05) is 11.6 Å². The number of benzene rings is 1. The van der Waals surface area contributed by atoms with Crippen LogP contribution in [0.4, 0.5) is 0 Å². The van der Waals surface area contributed by atoms with E-state index in [1.165, 1.54) is 0 Å². The Hall–Kier alpha value is -1.30. The third-order valence-electron chi connectivity index (χ3n) is 3.44. The third kappa shape index (κ3) is 4.10. The minimum Gasteiger partial charge on any atom is -0.484 e. The molecule has 110 valence electrons. The van der Waals surface area contributed by atoms with E-state index in [1.807, 2.05) is 0 Å². The van der Waals surface area contributed by atoms with Crippen molar-refractivity contribution >= 4 is 17.5 Å². The van der Waals surface area contributed by atoms with Crippen LogP contribution in [0.3, 0.4) is 0 Å². The van der Waals surface area contributed by atoms with Gasteiger partial charge in [0.15, 0.2) is 6.61 Å². The third-order valence-corrected chi connectivity index (χ3v) is 3.69. The average molecular weight is 300 g/mol. The number of aliphatic hydroxyl groups is 2. The van der Waals surface area contributed by atoms with Crippen molar-refractivity contribution in [3.63, 3.8) is 0 Å². The molecule has 1 aromatic rings. The van der Waals surface area contributed by atoms with Gasteiger partial charge in [0.25, 0.3) is 5.91 Å². The summed E-state index contributed by atoms with van der Waals surface area (Å²) in [7, 11) is 0. The molecule has 1 saturated carbocycles. The number of rotatable bonds is 5. The fourth-order valence-electron chi connectivity index (χ4n) is 2.37. The van der Waals surface area contributed by atoms with E-state index in [0.29, 0.717) is 23.6 Å². The second-order valence-electron chi connectivity index (χ2n) is 4.99. The van der Waals surface area contributed by atoms with E-state index in [4.69, 9.17) is 21.4 Å². The average Bonchev–Trinajstić information content (AvgIpc) is 2.78. The van der Waals surface area contributed by atoms with Crippen molar-refractivity contribution in [2.24, 2.45) is 5.92 Å². The van der Waals surface area contributed by atoms with E-state index in [9.17, 15) is 9.90 Å². The standard InChI is InChI=1S/C14H18ClNO4/c15-10-1-3-12(4-2-10)20-8-14(19)16-11-5-9(7-17)13(18)6-11/h1-4,9,11,13,17-18H,5-8H2,(H,16,19)/t9-,11-,13+/m0/s1. The molecule has 1 amide bonds. The van der Waals surface area contributed by atoms with Gasteiger partial charge in [-0.15, -0.1) is 0 Å². The van der Waals surface area contributed by atoms with E-state index >= 15 is 0 Å². The quantitative estimate of drug-likeness (QED) is 0.757. The fourth-order valence-corrected chi connectivity index (χ4v) is 2.49.